The Bertz CT molecular complexity index is 1070. The maximum Gasteiger partial charge on any atom is 0.270 e. The summed E-state index contributed by atoms with van der Waals surface area (Å²) in [5.41, 5.74) is 5.21. The van der Waals surface area contributed by atoms with Gasteiger partial charge in [0.1, 0.15) is 0 Å². The molecule has 3 nitrogen and oxygen atoms in total. The number of fused-ring (bicyclic) bond motifs is 5. The Kier molecular flexibility index (Phi) is 3.74. The van der Waals surface area contributed by atoms with Gasteiger partial charge in [0, 0.05) is 11.0 Å². The van der Waals surface area contributed by atoms with E-state index in [-0.39, 0.29) is 16.4 Å². The first-order valence-electron chi connectivity index (χ1n) is 10.4. The third-order valence-corrected chi connectivity index (χ3v) is 7.72. The summed E-state index contributed by atoms with van der Waals surface area (Å²) in [6.07, 6.45) is 2.30. The van der Waals surface area contributed by atoms with Crippen molar-refractivity contribution >= 4 is 0 Å². The summed E-state index contributed by atoms with van der Waals surface area (Å²) >= 11 is 0. The molecule has 1 aromatic heterocycles. The lowest BCUT2D eigenvalue weighted by atomic mass is 9.70. The maximum atomic E-state index is 13.6. The van der Waals surface area contributed by atoms with E-state index in [0.29, 0.717) is 12.5 Å². The molecule has 0 radical (unpaired) electrons. The zero-order valence-corrected chi connectivity index (χ0v) is 17.0. The van der Waals surface area contributed by atoms with Crippen molar-refractivity contribution < 1.29 is 0 Å². The van der Waals surface area contributed by atoms with Crippen molar-refractivity contribution in [3.8, 4) is 0 Å². The van der Waals surface area contributed by atoms with Crippen molar-refractivity contribution in [2.24, 2.45) is 5.41 Å². The molecular formula is C25H28N2O. The van der Waals surface area contributed by atoms with Gasteiger partial charge < -0.3 is 0 Å². The molecule has 144 valence electrons. The predicted octanol–water partition coefficient (Wildman–Crippen LogP) is 4.92. The van der Waals surface area contributed by atoms with Crippen LogP contribution in [0.25, 0.3) is 0 Å². The monoisotopic (exact) mass is 372 g/mol. The lowest BCUT2D eigenvalue weighted by molar-refractivity contribution is 0.214. The van der Waals surface area contributed by atoms with Gasteiger partial charge >= 0.3 is 0 Å². The van der Waals surface area contributed by atoms with Gasteiger partial charge in [-0.3, -0.25) is 9.48 Å². The van der Waals surface area contributed by atoms with E-state index in [2.05, 4.69) is 61.9 Å². The topological polar surface area (TPSA) is 26.9 Å². The Morgan fingerprint density at radius 1 is 0.857 bits per heavy atom. The smallest absolute Gasteiger partial charge is 0.270 e. The van der Waals surface area contributed by atoms with Crippen LogP contribution in [0.1, 0.15) is 61.9 Å². The minimum absolute atomic E-state index is 0.0584. The number of hydrogen-bond donors (Lipinski definition) is 0. The Morgan fingerprint density at radius 3 is 1.96 bits per heavy atom. The molecule has 3 aromatic rings. The van der Waals surface area contributed by atoms with Crippen LogP contribution in [-0.2, 0) is 18.5 Å². The van der Waals surface area contributed by atoms with Crippen LogP contribution in [0, 0.1) is 5.41 Å². The molecule has 2 atom stereocenters. The molecule has 0 N–H and O–H groups in total. The van der Waals surface area contributed by atoms with Gasteiger partial charge in [-0.15, -0.1) is 0 Å². The molecule has 2 aromatic carbocycles. The second-order valence-corrected chi connectivity index (χ2v) is 9.30. The molecule has 0 spiro atoms. The van der Waals surface area contributed by atoms with E-state index >= 15 is 0 Å². The van der Waals surface area contributed by atoms with E-state index in [9.17, 15) is 4.79 Å². The predicted molar refractivity (Wildman–Crippen MR) is 113 cm³/mol. The molecule has 1 heterocycles. The second-order valence-electron chi connectivity index (χ2n) is 9.30. The minimum Gasteiger partial charge on any atom is -0.281 e. The van der Waals surface area contributed by atoms with Gasteiger partial charge in [0.15, 0.2) is 0 Å². The first kappa shape index (κ1) is 17.5. The fraction of sp³-hybridized carbons (Fsp3) is 0.400. The molecule has 1 saturated carbocycles. The molecule has 0 saturated heterocycles. The average molecular weight is 373 g/mol. The molecule has 3 heteroatoms. The highest BCUT2D eigenvalue weighted by atomic mass is 16.1. The summed E-state index contributed by atoms with van der Waals surface area (Å²) in [5, 5.41) is 0. The van der Waals surface area contributed by atoms with Crippen LogP contribution in [-0.4, -0.2) is 9.36 Å². The zero-order chi connectivity index (χ0) is 19.5. The Hall–Kier alpha value is -2.55. The molecule has 0 amide bonds. The zero-order valence-electron chi connectivity index (χ0n) is 17.0. The van der Waals surface area contributed by atoms with Crippen molar-refractivity contribution in [3.63, 3.8) is 0 Å². The summed E-state index contributed by atoms with van der Waals surface area (Å²) in [6.45, 7) is 8.48. The standard InChI is InChI=1S/C25H28N2O/c1-24(2)20-14-15-25(24,3)22-21(20)23(28)27(17-19-12-8-5-9-13-19)26(22)16-18-10-6-4-7-11-18/h4-13,20H,14-17H2,1-3H3/t20?,25-/m0/s1. The second kappa shape index (κ2) is 5.97. The van der Waals surface area contributed by atoms with Gasteiger partial charge in [-0.1, -0.05) is 81.4 Å². The molecule has 2 aliphatic rings. The fourth-order valence-electron chi connectivity index (χ4n) is 5.77. The molecule has 2 bridgehead atoms. The number of rotatable bonds is 4. The largest absolute Gasteiger partial charge is 0.281 e. The van der Waals surface area contributed by atoms with Crippen LogP contribution >= 0.6 is 0 Å². The van der Waals surface area contributed by atoms with Crippen molar-refractivity contribution in [3.05, 3.63) is 93.4 Å². The van der Waals surface area contributed by atoms with Crippen molar-refractivity contribution in [2.45, 2.75) is 58.0 Å². The van der Waals surface area contributed by atoms with E-state index in [0.717, 1.165) is 18.5 Å². The summed E-state index contributed by atoms with van der Waals surface area (Å²) < 4.78 is 4.31. The Balaban J connectivity index is 1.71. The maximum absolute atomic E-state index is 13.6. The number of hydrogen-bond acceptors (Lipinski definition) is 1. The van der Waals surface area contributed by atoms with Gasteiger partial charge in [0.2, 0.25) is 0 Å². The molecule has 1 fully saturated rings. The quantitative estimate of drug-likeness (QED) is 0.638. The molecular weight excluding hydrogens is 344 g/mol. The van der Waals surface area contributed by atoms with Gasteiger partial charge in [0.25, 0.3) is 5.56 Å². The third kappa shape index (κ3) is 2.25. The highest BCUT2D eigenvalue weighted by molar-refractivity contribution is 5.45. The van der Waals surface area contributed by atoms with Gasteiger partial charge in [-0.2, -0.15) is 0 Å². The summed E-state index contributed by atoms with van der Waals surface area (Å²) in [6, 6.07) is 20.9. The van der Waals surface area contributed by atoms with Crippen molar-refractivity contribution in [1.29, 1.82) is 0 Å². The molecule has 2 aliphatic carbocycles. The lowest BCUT2D eigenvalue weighted by Crippen LogP contribution is -2.36. The van der Waals surface area contributed by atoms with Crippen LogP contribution < -0.4 is 5.56 Å². The highest BCUT2D eigenvalue weighted by Gasteiger charge is 2.62. The van der Waals surface area contributed by atoms with Crippen molar-refractivity contribution in [2.75, 3.05) is 0 Å². The van der Waals surface area contributed by atoms with E-state index in [1.54, 1.807) is 0 Å². The third-order valence-electron chi connectivity index (χ3n) is 7.72. The average Bonchev–Trinajstić information content (AvgIpc) is 3.16. The molecule has 1 unspecified atom stereocenters. The van der Waals surface area contributed by atoms with E-state index in [1.165, 1.54) is 23.2 Å². The number of benzene rings is 2. The van der Waals surface area contributed by atoms with E-state index in [1.807, 2.05) is 28.9 Å². The normalized spacial score (nSPS) is 24.5. The lowest BCUT2D eigenvalue weighted by Gasteiger charge is -2.36. The fourth-order valence-corrected chi connectivity index (χ4v) is 5.77. The number of aromatic nitrogens is 2. The summed E-state index contributed by atoms with van der Waals surface area (Å²) in [7, 11) is 0. The summed E-state index contributed by atoms with van der Waals surface area (Å²) in [5.74, 6) is 0.374. The number of nitrogens with zero attached hydrogens (tertiary/aromatic N) is 2. The van der Waals surface area contributed by atoms with Gasteiger partial charge in [-0.05, 0) is 35.3 Å². The Morgan fingerprint density at radius 2 is 1.39 bits per heavy atom. The van der Waals surface area contributed by atoms with E-state index < -0.39 is 0 Å². The van der Waals surface area contributed by atoms with Gasteiger partial charge in [0.05, 0.1) is 18.8 Å². The molecule has 5 rings (SSSR count). The van der Waals surface area contributed by atoms with Crippen LogP contribution in [0.3, 0.4) is 0 Å². The first-order valence-corrected chi connectivity index (χ1v) is 10.4. The minimum atomic E-state index is 0.0584. The molecule has 28 heavy (non-hydrogen) atoms. The van der Waals surface area contributed by atoms with E-state index in [4.69, 9.17) is 0 Å². The van der Waals surface area contributed by atoms with Crippen molar-refractivity contribution in [1.82, 2.24) is 9.36 Å². The first-order chi connectivity index (χ1) is 13.4. The van der Waals surface area contributed by atoms with Gasteiger partial charge in [-0.25, -0.2) is 4.68 Å². The summed E-state index contributed by atoms with van der Waals surface area (Å²) in [4.78, 5) is 13.6. The van der Waals surface area contributed by atoms with Crippen LogP contribution in [0.2, 0.25) is 0 Å². The van der Waals surface area contributed by atoms with Crippen LogP contribution in [0.5, 0.6) is 0 Å². The SMILES string of the molecule is CC1(C)C2CC[C@@]1(C)c1c2c(=O)n(Cc2ccccc2)n1Cc1ccccc1. The van der Waals surface area contributed by atoms with Crippen LogP contribution in [0.4, 0.5) is 0 Å². The Labute approximate surface area is 166 Å². The van der Waals surface area contributed by atoms with Crippen LogP contribution in [0.15, 0.2) is 65.5 Å². The molecule has 0 aliphatic heterocycles. The highest BCUT2D eigenvalue weighted by Crippen LogP contribution is 2.67.